The number of sulfonamides is 1. The summed E-state index contributed by atoms with van der Waals surface area (Å²) in [4.78, 5) is 32.8. The van der Waals surface area contributed by atoms with Gasteiger partial charge in [0.05, 0.1) is 25.9 Å². The number of hydrogen-bond acceptors (Lipinski definition) is 14. The van der Waals surface area contributed by atoms with E-state index in [9.17, 15) is 26.9 Å². The highest BCUT2D eigenvalue weighted by Crippen LogP contribution is 2.33. The number of hydrogen-bond donors (Lipinski definition) is 2. The fourth-order valence-corrected chi connectivity index (χ4v) is 9.77. The van der Waals surface area contributed by atoms with Crippen molar-refractivity contribution in [2.75, 3.05) is 73.8 Å². The number of thioether (sulfide) groups is 1. The lowest BCUT2D eigenvalue weighted by molar-refractivity contribution is -0.384. The molecule has 0 aliphatic carbocycles. The van der Waals surface area contributed by atoms with Gasteiger partial charge < -0.3 is 15.1 Å². The molecule has 1 atom stereocenters. The Balaban J connectivity index is 1.02. The smallest absolute Gasteiger partial charge is 0.293 e. The lowest BCUT2D eigenvalue weighted by atomic mass is 10.1. The number of sulfone groups is 1. The first kappa shape index (κ1) is 43.4. The monoisotopic (exact) mass is 881 g/mol. The van der Waals surface area contributed by atoms with Crippen LogP contribution in [0.4, 0.5) is 22.9 Å². The molecule has 61 heavy (non-hydrogen) atoms. The van der Waals surface area contributed by atoms with Gasteiger partial charge in [0.2, 0.25) is 0 Å². The maximum atomic E-state index is 13.8. The van der Waals surface area contributed by atoms with Crippen LogP contribution in [0.3, 0.4) is 0 Å². The Hall–Kier alpha value is -5.66. The summed E-state index contributed by atoms with van der Waals surface area (Å²) in [5, 5.41) is 16.1. The van der Waals surface area contributed by atoms with Crippen LogP contribution < -0.4 is 14.9 Å². The van der Waals surface area contributed by atoms with Gasteiger partial charge in [-0.2, -0.15) is 0 Å². The molecule has 7 rings (SSSR count). The van der Waals surface area contributed by atoms with Crippen molar-refractivity contribution in [2.24, 2.45) is 0 Å². The van der Waals surface area contributed by atoms with Crippen molar-refractivity contribution in [1.29, 1.82) is 0 Å². The van der Waals surface area contributed by atoms with Crippen LogP contribution in [0.2, 0.25) is 0 Å². The van der Waals surface area contributed by atoms with Gasteiger partial charge in [0.25, 0.3) is 15.7 Å². The van der Waals surface area contributed by atoms with Crippen molar-refractivity contribution < 1.29 is 21.8 Å². The average Bonchev–Trinajstić information content (AvgIpc) is 3.25. The molecule has 0 spiro atoms. The number of nitro benzene ring substituents is 1. The van der Waals surface area contributed by atoms with Crippen molar-refractivity contribution in [3.05, 3.63) is 131 Å². The lowest BCUT2D eigenvalue weighted by Crippen LogP contribution is -2.46. The number of benzene rings is 4. The molecule has 3 heterocycles. The standard InChI is InChI=1S/C43H47N9O6S3/c1-49(2)21-19-33(29-59-35-9-5-4-6-10-35)47-39-18-16-37(27-41(39)52(53)54)61(57,58)48-43-38-17-13-34(26-40(38)45-30-46-43)51-24-22-50(23-25-51)28-32-8-7-20-44-42(32)31-11-14-36(15-12-31)60(3,55)56/h4-18,20,26-27,30,33,47H,19,21-25,28-29H2,1-3H3,(H,45,46,48). The summed E-state index contributed by atoms with van der Waals surface area (Å²) < 4.78 is 54.0. The minimum Gasteiger partial charge on any atom is -0.376 e. The first-order valence-corrected chi connectivity index (χ1v) is 24.0. The van der Waals surface area contributed by atoms with Gasteiger partial charge in [0, 0.05) is 84.6 Å². The summed E-state index contributed by atoms with van der Waals surface area (Å²) in [5.41, 5.74) is 4.06. The Labute approximate surface area is 360 Å². The van der Waals surface area contributed by atoms with Gasteiger partial charge >= 0.3 is 0 Å². The van der Waals surface area contributed by atoms with Gasteiger partial charge in [-0.15, -0.1) is 11.8 Å². The predicted molar refractivity (Wildman–Crippen MR) is 241 cm³/mol. The van der Waals surface area contributed by atoms with Crippen molar-refractivity contribution >= 4 is 65.4 Å². The fourth-order valence-electron chi connectivity index (χ4n) is 7.10. The Bertz CT molecular complexity index is 2720. The molecule has 0 radical (unpaired) electrons. The van der Waals surface area contributed by atoms with Crippen LogP contribution in [0.25, 0.3) is 22.2 Å². The highest BCUT2D eigenvalue weighted by molar-refractivity contribution is 7.99. The van der Waals surface area contributed by atoms with Gasteiger partial charge in [-0.25, -0.2) is 26.8 Å². The number of nitrogens with zero attached hydrogens (tertiary/aromatic N) is 7. The lowest BCUT2D eigenvalue weighted by Gasteiger charge is -2.36. The predicted octanol–water partition coefficient (Wildman–Crippen LogP) is 6.65. The molecule has 4 aromatic carbocycles. The molecular weight excluding hydrogens is 835 g/mol. The molecule has 2 aromatic heterocycles. The molecule has 1 aliphatic heterocycles. The SMILES string of the molecule is CN(C)CCC(CSc1ccccc1)Nc1ccc(S(=O)(=O)Nc2ncnc3cc(N4CCN(Cc5cccnc5-c5ccc(S(C)(=O)=O)cc5)CC4)ccc23)cc1[N+](=O)[O-]. The molecule has 0 bridgehead atoms. The number of nitrogens with one attached hydrogen (secondary N) is 2. The third-order valence-corrected chi connectivity index (χ3v) is 14.0. The molecule has 0 amide bonds. The van der Waals surface area contributed by atoms with E-state index in [4.69, 9.17) is 0 Å². The van der Waals surface area contributed by atoms with Gasteiger partial charge in [-0.3, -0.25) is 24.7 Å². The Morgan fingerprint density at radius 1 is 0.852 bits per heavy atom. The number of anilines is 3. The number of nitro groups is 1. The summed E-state index contributed by atoms with van der Waals surface area (Å²) in [7, 11) is -3.66. The van der Waals surface area contributed by atoms with E-state index in [0.717, 1.165) is 66.2 Å². The van der Waals surface area contributed by atoms with Crippen LogP contribution in [0.5, 0.6) is 0 Å². The van der Waals surface area contributed by atoms with E-state index in [0.29, 0.717) is 29.6 Å². The van der Waals surface area contributed by atoms with Crippen molar-refractivity contribution in [1.82, 2.24) is 24.8 Å². The minimum absolute atomic E-state index is 0.0612. The van der Waals surface area contributed by atoms with E-state index in [1.807, 2.05) is 73.6 Å². The molecule has 1 fully saturated rings. The summed E-state index contributed by atoms with van der Waals surface area (Å²) in [6, 6.07) is 30.0. The van der Waals surface area contributed by atoms with Crippen LogP contribution in [-0.4, -0.2) is 111 Å². The van der Waals surface area contributed by atoms with E-state index >= 15 is 0 Å². The molecular formula is C43H47N9O6S3. The van der Waals surface area contributed by atoms with Gasteiger partial charge in [0.15, 0.2) is 15.7 Å². The normalized spacial score (nSPS) is 14.3. The van der Waals surface area contributed by atoms with Crippen LogP contribution in [0, 0.1) is 10.1 Å². The molecule has 1 aliphatic rings. The number of aromatic nitrogens is 3. The van der Waals surface area contributed by atoms with Crippen LogP contribution in [-0.2, 0) is 26.4 Å². The second-order valence-electron chi connectivity index (χ2n) is 15.1. The quantitative estimate of drug-likeness (QED) is 0.0564. The number of rotatable bonds is 17. The molecule has 15 nitrogen and oxygen atoms in total. The Morgan fingerprint density at radius 3 is 2.30 bits per heavy atom. The second-order valence-corrected chi connectivity index (χ2v) is 19.9. The molecule has 1 saturated heterocycles. The summed E-state index contributed by atoms with van der Waals surface area (Å²) in [6.45, 7) is 4.45. The maximum absolute atomic E-state index is 13.8. The molecule has 0 saturated carbocycles. The second kappa shape index (κ2) is 18.9. The zero-order chi connectivity index (χ0) is 43.1. The third-order valence-electron chi connectivity index (χ3n) is 10.4. The third kappa shape index (κ3) is 11.0. The highest BCUT2D eigenvalue weighted by atomic mass is 32.2. The van der Waals surface area contributed by atoms with Crippen LogP contribution >= 0.6 is 11.8 Å². The molecule has 1 unspecified atom stereocenters. The topological polar surface area (TPSA) is 184 Å². The van der Waals surface area contributed by atoms with Crippen LogP contribution in [0.1, 0.15) is 12.0 Å². The van der Waals surface area contributed by atoms with E-state index in [1.54, 1.807) is 48.3 Å². The average molecular weight is 882 g/mol. The number of piperazine rings is 1. The minimum atomic E-state index is -4.29. The van der Waals surface area contributed by atoms with Crippen LogP contribution in [0.15, 0.2) is 130 Å². The molecule has 2 N–H and O–H groups in total. The van der Waals surface area contributed by atoms with E-state index in [2.05, 4.69) is 34.8 Å². The molecule has 18 heteroatoms. The first-order chi connectivity index (χ1) is 29.2. The fraction of sp³-hybridized carbons (Fsp3) is 0.279. The van der Waals surface area contributed by atoms with E-state index in [-0.39, 0.29) is 33.0 Å². The molecule has 6 aromatic rings. The summed E-state index contributed by atoms with van der Waals surface area (Å²) in [5.74, 6) is 0.711. The Morgan fingerprint density at radius 2 is 1.59 bits per heavy atom. The van der Waals surface area contributed by atoms with Crippen molar-refractivity contribution in [3.63, 3.8) is 0 Å². The van der Waals surface area contributed by atoms with E-state index in [1.165, 1.54) is 24.7 Å². The summed E-state index contributed by atoms with van der Waals surface area (Å²) in [6.07, 6.45) is 4.93. The van der Waals surface area contributed by atoms with Crippen molar-refractivity contribution in [2.45, 2.75) is 33.7 Å². The number of fused-ring (bicyclic) bond motifs is 1. The zero-order valence-corrected chi connectivity index (χ0v) is 36.5. The highest BCUT2D eigenvalue weighted by Gasteiger charge is 2.25. The molecule has 318 valence electrons. The first-order valence-electron chi connectivity index (χ1n) is 19.6. The van der Waals surface area contributed by atoms with Crippen molar-refractivity contribution in [3.8, 4) is 11.3 Å². The summed E-state index contributed by atoms with van der Waals surface area (Å²) >= 11 is 1.64. The van der Waals surface area contributed by atoms with Gasteiger partial charge in [-0.05, 0) is 93.3 Å². The van der Waals surface area contributed by atoms with Gasteiger partial charge in [-0.1, -0.05) is 36.4 Å². The zero-order valence-electron chi connectivity index (χ0n) is 34.0. The largest absolute Gasteiger partial charge is 0.376 e. The number of pyridine rings is 1. The maximum Gasteiger partial charge on any atom is 0.293 e. The Kier molecular flexibility index (Phi) is 13.5. The van der Waals surface area contributed by atoms with Gasteiger partial charge in [0.1, 0.15) is 12.0 Å². The van der Waals surface area contributed by atoms with E-state index < -0.39 is 24.8 Å².